The fraction of sp³-hybridized carbons (Fsp3) is 0.824. The molecule has 0 bridgehead atoms. The number of halogens is 2. The number of rotatable bonds is 11. The van der Waals surface area contributed by atoms with E-state index >= 15 is 0 Å². The summed E-state index contributed by atoms with van der Waals surface area (Å²) in [5, 5.41) is 4.42. The summed E-state index contributed by atoms with van der Waals surface area (Å²) in [5.74, 6) is -0.0617. The number of hydrogen-bond donors (Lipinski definition) is 0. The Hall–Kier alpha value is -0.330. The second-order valence-corrected chi connectivity index (χ2v) is 7.31. The van der Waals surface area contributed by atoms with Crippen LogP contribution in [0.1, 0.15) is 78.6 Å². The third kappa shape index (κ3) is 5.10. The van der Waals surface area contributed by atoms with Gasteiger partial charge < -0.3 is 4.74 Å². The quantitative estimate of drug-likeness (QED) is 0.327. The summed E-state index contributed by atoms with van der Waals surface area (Å²) in [7, 11) is 1.50. The molecule has 0 N–H and O–H groups in total. The molecule has 1 unspecified atom stereocenters. The van der Waals surface area contributed by atoms with Crippen molar-refractivity contribution in [3.05, 3.63) is 9.65 Å². The van der Waals surface area contributed by atoms with Gasteiger partial charge in [0.25, 0.3) is 5.95 Å². The Kier molecular flexibility index (Phi) is 8.72. The number of nitrogens with zero attached hydrogens (tertiary/aromatic N) is 2. The number of aromatic nitrogens is 2. The lowest BCUT2D eigenvalue weighted by molar-refractivity contribution is 0.196. The van der Waals surface area contributed by atoms with Gasteiger partial charge in [-0.25, -0.2) is 4.68 Å². The molecule has 0 saturated carbocycles. The van der Waals surface area contributed by atoms with E-state index in [9.17, 15) is 4.39 Å². The minimum atomic E-state index is -0.334. The van der Waals surface area contributed by atoms with Crippen LogP contribution in [-0.2, 0) is 5.54 Å². The van der Waals surface area contributed by atoms with Crippen molar-refractivity contribution in [3.8, 4) is 5.75 Å². The van der Waals surface area contributed by atoms with Gasteiger partial charge in [-0.05, 0) is 42.4 Å². The lowest BCUT2D eigenvalue weighted by Crippen LogP contribution is -2.32. The Morgan fingerprint density at radius 1 is 1.09 bits per heavy atom. The van der Waals surface area contributed by atoms with E-state index in [1.807, 2.05) is 22.6 Å². The van der Waals surface area contributed by atoms with Crippen molar-refractivity contribution in [3.63, 3.8) is 0 Å². The van der Waals surface area contributed by atoms with Gasteiger partial charge in [-0.2, -0.15) is 9.49 Å². The summed E-state index contributed by atoms with van der Waals surface area (Å²) < 4.78 is 21.9. The van der Waals surface area contributed by atoms with E-state index in [0.29, 0.717) is 3.70 Å². The first-order chi connectivity index (χ1) is 10.5. The smallest absolute Gasteiger partial charge is 0.255 e. The van der Waals surface area contributed by atoms with Crippen molar-refractivity contribution in [2.45, 2.75) is 84.1 Å². The molecule has 1 aromatic heterocycles. The van der Waals surface area contributed by atoms with E-state index < -0.39 is 0 Å². The molecule has 0 amide bonds. The molecule has 0 aliphatic heterocycles. The Bertz CT molecular complexity index is 450. The molecule has 1 heterocycles. The van der Waals surface area contributed by atoms with Gasteiger partial charge in [0, 0.05) is 0 Å². The highest BCUT2D eigenvalue weighted by Crippen LogP contribution is 2.34. The third-order valence-corrected chi connectivity index (χ3v) is 5.06. The van der Waals surface area contributed by atoms with Crippen molar-refractivity contribution in [2.75, 3.05) is 7.11 Å². The third-order valence-electron chi connectivity index (χ3n) is 4.35. The summed E-state index contributed by atoms with van der Waals surface area (Å²) in [4.78, 5) is 0. The maximum Gasteiger partial charge on any atom is 0.255 e. The minimum Gasteiger partial charge on any atom is -0.490 e. The van der Waals surface area contributed by atoms with Crippen molar-refractivity contribution >= 4 is 22.6 Å². The molecule has 0 aliphatic rings. The standard InChI is InChI=1S/C17H30FIN2O/c1-5-7-9-10-11-13-17(3,12-8-6-2)21-15(18)14(22-4)16(19)20-21/h5-13H2,1-4H3. The van der Waals surface area contributed by atoms with Crippen molar-refractivity contribution in [2.24, 2.45) is 0 Å². The van der Waals surface area contributed by atoms with Gasteiger partial charge in [0.2, 0.25) is 5.75 Å². The molecular formula is C17H30FIN2O. The molecule has 3 nitrogen and oxygen atoms in total. The van der Waals surface area contributed by atoms with Crippen molar-refractivity contribution in [1.29, 1.82) is 0 Å². The lowest BCUT2D eigenvalue weighted by atomic mass is 9.88. The van der Waals surface area contributed by atoms with Crippen LogP contribution < -0.4 is 4.74 Å². The van der Waals surface area contributed by atoms with E-state index in [-0.39, 0.29) is 17.2 Å². The van der Waals surface area contributed by atoms with Gasteiger partial charge in [-0.1, -0.05) is 58.8 Å². The molecule has 1 aromatic rings. The van der Waals surface area contributed by atoms with Crippen LogP contribution >= 0.6 is 22.6 Å². The van der Waals surface area contributed by atoms with Crippen LogP contribution in [0, 0.1) is 9.65 Å². The molecule has 1 rings (SSSR count). The Morgan fingerprint density at radius 3 is 2.23 bits per heavy atom. The van der Waals surface area contributed by atoms with Crippen LogP contribution in [0.3, 0.4) is 0 Å². The van der Waals surface area contributed by atoms with Gasteiger partial charge in [0.15, 0.2) is 3.70 Å². The molecule has 1 atom stereocenters. The first-order valence-electron chi connectivity index (χ1n) is 8.48. The zero-order chi connectivity index (χ0) is 16.6. The molecule has 5 heteroatoms. The summed E-state index contributed by atoms with van der Waals surface area (Å²) in [6.07, 6.45) is 10.3. The Labute approximate surface area is 148 Å². The monoisotopic (exact) mass is 424 g/mol. The van der Waals surface area contributed by atoms with E-state index in [0.717, 1.165) is 32.1 Å². The highest BCUT2D eigenvalue weighted by Gasteiger charge is 2.32. The predicted molar refractivity (Wildman–Crippen MR) is 98.0 cm³/mol. The average Bonchev–Trinajstić information content (AvgIpc) is 2.80. The van der Waals surface area contributed by atoms with E-state index in [4.69, 9.17) is 4.74 Å². The molecule has 0 saturated heterocycles. The highest BCUT2D eigenvalue weighted by atomic mass is 127. The van der Waals surface area contributed by atoms with Crippen LogP contribution in [0.2, 0.25) is 0 Å². The zero-order valence-corrected chi connectivity index (χ0v) is 16.6. The molecule has 0 aliphatic carbocycles. The van der Waals surface area contributed by atoms with Crippen LogP contribution in [0.5, 0.6) is 5.75 Å². The minimum absolute atomic E-state index is 0.261. The van der Waals surface area contributed by atoms with Crippen LogP contribution in [0.15, 0.2) is 0 Å². The molecule has 22 heavy (non-hydrogen) atoms. The van der Waals surface area contributed by atoms with Gasteiger partial charge >= 0.3 is 0 Å². The topological polar surface area (TPSA) is 27.1 Å². The van der Waals surface area contributed by atoms with E-state index in [1.165, 1.54) is 32.8 Å². The van der Waals surface area contributed by atoms with Gasteiger partial charge in [-0.15, -0.1) is 0 Å². The molecule has 0 spiro atoms. The second kappa shape index (κ2) is 9.73. The number of unbranched alkanes of at least 4 members (excludes halogenated alkanes) is 5. The van der Waals surface area contributed by atoms with Gasteiger partial charge in [0.1, 0.15) is 0 Å². The van der Waals surface area contributed by atoms with Gasteiger partial charge in [-0.3, -0.25) is 0 Å². The number of hydrogen-bond acceptors (Lipinski definition) is 2. The average molecular weight is 424 g/mol. The summed E-state index contributed by atoms with van der Waals surface area (Å²) >= 11 is 2.04. The highest BCUT2D eigenvalue weighted by molar-refractivity contribution is 14.1. The lowest BCUT2D eigenvalue weighted by Gasteiger charge is -2.30. The molecular weight excluding hydrogens is 394 g/mol. The van der Waals surface area contributed by atoms with Crippen LogP contribution in [0.25, 0.3) is 0 Å². The zero-order valence-electron chi connectivity index (χ0n) is 14.4. The van der Waals surface area contributed by atoms with E-state index in [2.05, 4.69) is 25.9 Å². The summed E-state index contributed by atoms with van der Waals surface area (Å²) in [6.45, 7) is 6.53. The summed E-state index contributed by atoms with van der Waals surface area (Å²) in [5.41, 5.74) is -0.261. The maximum atomic E-state index is 14.6. The first kappa shape index (κ1) is 19.7. The Balaban J connectivity index is 2.86. The molecule has 128 valence electrons. The molecule has 0 fully saturated rings. The fourth-order valence-corrected chi connectivity index (χ4v) is 3.55. The van der Waals surface area contributed by atoms with E-state index in [1.54, 1.807) is 4.68 Å². The maximum absolute atomic E-state index is 14.6. The second-order valence-electron chi connectivity index (χ2n) is 6.29. The first-order valence-corrected chi connectivity index (χ1v) is 9.56. The summed E-state index contributed by atoms with van der Waals surface area (Å²) in [6, 6.07) is 0. The SMILES string of the molecule is CCCCCCCC(C)(CCCC)n1nc(I)c(OC)c1F. The molecule has 0 radical (unpaired) electrons. The number of ether oxygens (including phenoxy) is 1. The fourth-order valence-electron chi connectivity index (χ4n) is 2.89. The van der Waals surface area contributed by atoms with Crippen LogP contribution in [0.4, 0.5) is 4.39 Å². The van der Waals surface area contributed by atoms with Crippen LogP contribution in [-0.4, -0.2) is 16.9 Å². The van der Waals surface area contributed by atoms with Crippen molar-refractivity contribution in [1.82, 2.24) is 9.78 Å². The van der Waals surface area contributed by atoms with Gasteiger partial charge in [0.05, 0.1) is 12.6 Å². The normalized spacial score (nSPS) is 14.1. The largest absolute Gasteiger partial charge is 0.490 e. The number of methoxy groups -OCH3 is 1. The molecule has 0 aromatic carbocycles. The Morgan fingerprint density at radius 2 is 1.68 bits per heavy atom. The predicted octanol–water partition coefficient (Wildman–Crippen LogP) is 5.90. The van der Waals surface area contributed by atoms with Crippen molar-refractivity contribution < 1.29 is 9.13 Å².